The molecule has 1 aromatic carbocycles. The minimum absolute atomic E-state index is 0.0559. The zero-order chi connectivity index (χ0) is 31.8. The summed E-state index contributed by atoms with van der Waals surface area (Å²) < 4.78 is 16.5. The monoisotopic (exact) mass is 606 g/mol. The molecule has 1 N–H and O–H groups in total. The van der Waals surface area contributed by atoms with Gasteiger partial charge in [0.05, 0.1) is 14.2 Å². The molecular weight excluding hydrogens is 548 g/mol. The van der Waals surface area contributed by atoms with Crippen LogP contribution in [0, 0.1) is 52.3 Å². The Labute approximate surface area is 266 Å². The average molecular weight is 607 g/mol. The van der Waals surface area contributed by atoms with Crippen molar-refractivity contribution in [2.45, 2.75) is 112 Å². The van der Waals surface area contributed by atoms with Crippen molar-refractivity contribution in [3.8, 4) is 17.2 Å². The molecule has 0 saturated heterocycles. The fourth-order valence-electron chi connectivity index (χ4n) is 10.1. The van der Waals surface area contributed by atoms with Crippen molar-refractivity contribution in [2.24, 2.45) is 52.3 Å². The number of esters is 1. The highest BCUT2D eigenvalue weighted by atomic mass is 16.5. The summed E-state index contributed by atoms with van der Waals surface area (Å²) in [6.45, 7) is 15.0. The van der Waals surface area contributed by atoms with Crippen molar-refractivity contribution in [2.75, 3.05) is 14.2 Å². The largest absolute Gasteiger partial charge is 0.502 e. The number of phenolic OH excluding ortho intramolecular Hbond substituents is 1. The van der Waals surface area contributed by atoms with Gasteiger partial charge in [0, 0.05) is 12.5 Å². The number of fused-ring (bicyclic) bond motifs is 5. The Kier molecular flexibility index (Phi) is 9.83. The van der Waals surface area contributed by atoms with Gasteiger partial charge in [-0.05, 0) is 121 Å². The van der Waals surface area contributed by atoms with Crippen molar-refractivity contribution in [1.29, 1.82) is 0 Å². The van der Waals surface area contributed by atoms with Crippen LogP contribution in [0.2, 0.25) is 0 Å². The molecule has 44 heavy (non-hydrogen) atoms. The minimum Gasteiger partial charge on any atom is -0.502 e. The third kappa shape index (κ3) is 6.18. The molecule has 4 aliphatic rings. The molecule has 3 saturated carbocycles. The zero-order valence-electron chi connectivity index (χ0n) is 28.7. The van der Waals surface area contributed by atoms with Crippen molar-refractivity contribution in [3.05, 3.63) is 35.4 Å². The van der Waals surface area contributed by atoms with Gasteiger partial charge in [-0.25, -0.2) is 4.79 Å². The van der Waals surface area contributed by atoms with Crippen LogP contribution in [0.15, 0.2) is 29.9 Å². The predicted octanol–water partition coefficient (Wildman–Crippen LogP) is 9.62. The smallest absolute Gasteiger partial charge is 0.331 e. The van der Waals surface area contributed by atoms with Crippen LogP contribution < -0.4 is 9.47 Å². The molecule has 0 heterocycles. The lowest BCUT2D eigenvalue weighted by Gasteiger charge is -2.58. The lowest BCUT2D eigenvalue weighted by molar-refractivity contribution is -0.145. The number of aromatic hydroxyl groups is 1. The van der Waals surface area contributed by atoms with Crippen LogP contribution in [-0.2, 0) is 9.53 Å². The number of carbonyl (C=O) groups excluding carboxylic acids is 1. The zero-order valence-corrected chi connectivity index (χ0v) is 28.7. The second-order valence-electron chi connectivity index (χ2n) is 15.7. The van der Waals surface area contributed by atoms with Gasteiger partial charge in [-0.1, -0.05) is 66.0 Å². The average Bonchev–Trinajstić information content (AvgIpc) is 3.36. The van der Waals surface area contributed by atoms with Gasteiger partial charge in [0.15, 0.2) is 11.5 Å². The van der Waals surface area contributed by atoms with E-state index in [-0.39, 0.29) is 23.2 Å². The number of ether oxygens (including phenoxy) is 3. The molecule has 244 valence electrons. The molecule has 1 unspecified atom stereocenters. The van der Waals surface area contributed by atoms with E-state index in [1.54, 1.807) is 18.2 Å². The summed E-state index contributed by atoms with van der Waals surface area (Å²) in [5.41, 5.74) is 2.96. The van der Waals surface area contributed by atoms with E-state index >= 15 is 0 Å². The molecule has 1 aromatic rings. The topological polar surface area (TPSA) is 65.0 Å². The number of hydrogen-bond donors (Lipinski definition) is 1. The van der Waals surface area contributed by atoms with Crippen molar-refractivity contribution >= 4 is 12.0 Å². The Balaban J connectivity index is 1.21. The number of methoxy groups -OCH3 is 2. The number of carbonyl (C=O) groups is 1. The third-order valence-corrected chi connectivity index (χ3v) is 13.2. The van der Waals surface area contributed by atoms with Crippen molar-refractivity contribution < 1.29 is 24.1 Å². The maximum absolute atomic E-state index is 12.9. The highest BCUT2D eigenvalue weighted by Crippen LogP contribution is 2.67. The Morgan fingerprint density at radius 1 is 0.977 bits per heavy atom. The molecule has 3 fully saturated rings. The molecule has 5 nitrogen and oxygen atoms in total. The van der Waals surface area contributed by atoms with Gasteiger partial charge < -0.3 is 19.3 Å². The van der Waals surface area contributed by atoms with E-state index in [0.717, 1.165) is 60.7 Å². The first-order valence-corrected chi connectivity index (χ1v) is 17.4. The number of allylic oxidation sites excluding steroid dienone is 1. The summed E-state index contributed by atoms with van der Waals surface area (Å²) >= 11 is 0. The SMILES string of the molecule is COc1cc(/C=C/C(=O)OC2CC[C@@]3(C)C(=CC[C@H]4[C@@H]5CC[C@H]([C@H](C)CC[C@@H](C)C(C)C)[C@@]5(C)CC[C@@H]43)C2)cc(OC)c1O. The van der Waals surface area contributed by atoms with E-state index < -0.39 is 0 Å². The maximum atomic E-state index is 12.9. The van der Waals surface area contributed by atoms with Gasteiger partial charge in [-0.2, -0.15) is 0 Å². The summed E-state index contributed by atoms with van der Waals surface area (Å²) in [5, 5.41) is 10.2. The predicted molar refractivity (Wildman–Crippen MR) is 178 cm³/mol. The van der Waals surface area contributed by atoms with Crippen LogP contribution in [0.4, 0.5) is 0 Å². The first-order chi connectivity index (χ1) is 20.9. The third-order valence-electron chi connectivity index (χ3n) is 13.2. The Bertz CT molecular complexity index is 1220. The molecule has 0 amide bonds. The number of hydrogen-bond acceptors (Lipinski definition) is 5. The fraction of sp³-hybridized carbons (Fsp3) is 0.718. The van der Waals surface area contributed by atoms with E-state index in [1.165, 1.54) is 70.8 Å². The first kappa shape index (κ1) is 32.9. The Morgan fingerprint density at radius 2 is 1.68 bits per heavy atom. The van der Waals surface area contributed by atoms with E-state index in [4.69, 9.17) is 14.2 Å². The maximum Gasteiger partial charge on any atom is 0.331 e. The summed E-state index contributed by atoms with van der Waals surface area (Å²) in [6.07, 6.45) is 18.0. The number of benzene rings is 1. The van der Waals surface area contributed by atoms with Crippen LogP contribution in [0.25, 0.3) is 6.08 Å². The molecule has 5 heteroatoms. The van der Waals surface area contributed by atoms with Gasteiger partial charge in [-0.3, -0.25) is 0 Å². The summed E-state index contributed by atoms with van der Waals surface area (Å²) in [5.74, 6) is 5.91. The van der Waals surface area contributed by atoms with Crippen LogP contribution in [-0.4, -0.2) is 31.4 Å². The molecule has 0 radical (unpaired) electrons. The van der Waals surface area contributed by atoms with Crippen LogP contribution in [0.1, 0.15) is 111 Å². The normalized spacial score (nSPS) is 34.5. The molecule has 5 rings (SSSR count). The number of phenols is 1. The lowest BCUT2D eigenvalue weighted by atomic mass is 9.47. The van der Waals surface area contributed by atoms with E-state index in [0.29, 0.717) is 22.5 Å². The molecule has 4 aliphatic carbocycles. The Morgan fingerprint density at radius 3 is 2.34 bits per heavy atom. The standard InChI is InChI=1S/C39H58O5/c1-24(2)25(3)9-10-26(4)31-14-15-32-30-13-12-28-23-29(17-19-38(28,5)33(30)18-20-39(31,32)6)44-36(40)16-11-27-21-34(42-7)37(41)35(22-27)43-8/h11-12,16,21-22,24-26,29-33,41H,9-10,13-15,17-20,23H2,1-8H3/b16-11+/t25-,26-,29?,30+,31-,32+,33+,38+,39-/m1/s1. The summed E-state index contributed by atoms with van der Waals surface area (Å²) in [4.78, 5) is 12.9. The number of rotatable bonds is 10. The summed E-state index contributed by atoms with van der Waals surface area (Å²) in [6, 6.07) is 3.35. The molecule has 9 atom stereocenters. The van der Waals surface area contributed by atoms with Gasteiger partial charge >= 0.3 is 5.97 Å². The van der Waals surface area contributed by atoms with Gasteiger partial charge in [0.1, 0.15) is 6.10 Å². The first-order valence-electron chi connectivity index (χ1n) is 17.4. The fourth-order valence-corrected chi connectivity index (χ4v) is 10.1. The minimum atomic E-state index is -0.332. The van der Waals surface area contributed by atoms with Crippen LogP contribution >= 0.6 is 0 Å². The van der Waals surface area contributed by atoms with Gasteiger partial charge in [-0.15, -0.1) is 0 Å². The second kappa shape index (κ2) is 13.1. The molecule has 0 aromatic heterocycles. The molecule has 0 aliphatic heterocycles. The highest BCUT2D eigenvalue weighted by molar-refractivity contribution is 5.87. The quantitative estimate of drug-likeness (QED) is 0.163. The summed E-state index contributed by atoms with van der Waals surface area (Å²) in [7, 11) is 2.98. The molecule has 0 spiro atoms. The molecule has 0 bridgehead atoms. The van der Waals surface area contributed by atoms with E-state index in [9.17, 15) is 9.90 Å². The van der Waals surface area contributed by atoms with Crippen LogP contribution in [0.3, 0.4) is 0 Å². The van der Waals surface area contributed by atoms with Crippen molar-refractivity contribution in [3.63, 3.8) is 0 Å². The van der Waals surface area contributed by atoms with E-state index in [1.807, 2.05) is 0 Å². The lowest BCUT2D eigenvalue weighted by Crippen LogP contribution is -2.51. The second-order valence-corrected chi connectivity index (χ2v) is 15.7. The molecular formula is C39H58O5. The Hall–Kier alpha value is -2.43. The highest BCUT2D eigenvalue weighted by Gasteiger charge is 2.59. The van der Waals surface area contributed by atoms with E-state index in [2.05, 4.69) is 47.6 Å². The van der Waals surface area contributed by atoms with Gasteiger partial charge in [0.2, 0.25) is 5.75 Å². The van der Waals surface area contributed by atoms with Crippen LogP contribution in [0.5, 0.6) is 17.2 Å². The van der Waals surface area contributed by atoms with Gasteiger partial charge in [0.25, 0.3) is 0 Å². The van der Waals surface area contributed by atoms with Crippen molar-refractivity contribution in [1.82, 2.24) is 0 Å².